The highest BCUT2D eigenvalue weighted by molar-refractivity contribution is 5.00. The highest BCUT2D eigenvalue weighted by Crippen LogP contribution is 2.36. The quantitative estimate of drug-likeness (QED) is 0.506. The average Bonchev–Trinajstić information content (AvgIpc) is 3.01. The summed E-state index contributed by atoms with van der Waals surface area (Å²) in [4.78, 5) is 0. The van der Waals surface area contributed by atoms with Crippen molar-refractivity contribution >= 4 is 0 Å². The minimum Gasteiger partial charge on any atom is -0.373 e. The summed E-state index contributed by atoms with van der Waals surface area (Å²) in [6.45, 7) is 2.00. The maximum atomic E-state index is 5.32. The third kappa shape index (κ3) is 2.18. The van der Waals surface area contributed by atoms with Gasteiger partial charge in [-0.3, -0.25) is 0 Å². The van der Waals surface area contributed by atoms with Crippen molar-refractivity contribution in [2.75, 3.05) is 13.2 Å². The zero-order valence-corrected chi connectivity index (χ0v) is 8.52. The molecule has 0 bridgehead atoms. The molecule has 0 aromatic rings. The molecule has 2 nitrogen and oxygen atoms in total. The van der Waals surface area contributed by atoms with Crippen LogP contribution in [0, 0.1) is 11.8 Å². The second-order valence-electron chi connectivity index (χ2n) is 4.81. The topological polar surface area (TPSA) is 25.1 Å². The molecule has 2 heterocycles. The van der Waals surface area contributed by atoms with Gasteiger partial charge in [-0.25, -0.2) is 0 Å². The molecule has 3 rings (SSSR count). The first kappa shape index (κ1) is 8.93. The molecule has 2 aliphatic heterocycles. The van der Waals surface area contributed by atoms with Crippen LogP contribution in [-0.2, 0) is 9.47 Å². The molecule has 0 aromatic heterocycles. The van der Waals surface area contributed by atoms with Crippen molar-refractivity contribution in [1.82, 2.24) is 0 Å². The average molecular weight is 194 g/mol. The van der Waals surface area contributed by atoms with Crippen LogP contribution in [0.1, 0.15) is 25.7 Å². The van der Waals surface area contributed by atoms with Gasteiger partial charge in [-0.1, -0.05) is 12.2 Å². The number of allylic oxidation sites excluding steroid dienone is 2. The Morgan fingerprint density at radius 2 is 1.79 bits per heavy atom. The Morgan fingerprint density at radius 1 is 1.07 bits per heavy atom. The van der Waals surface area contributed by atoms with E-state index in [1.165, 1.54) is 25.7 Å². The maximum absolute atomic E-state index is 5.32. The van der Waals surface area contributed by atoms with E-state index in [4.69, 9.17) is 9.47 Å². The standard InChI is InChI=1S/C12H18O2/c1-2-4-10(6-12-8-14-12)9(3-1)5-11-7-13-11/h1,3,9-12H,2,4-8H2. The Kier molecular flexibility index (Phi) is 2.34. The first-order valence-electron chi connectivity index (χ1n) is 5.81. The van der Waals surface area contributed by atoms with Crippen LogP contribution in [0.15, 0.2) is 12.2 Å². The van der Waals surface area contributed by atoms with Gasteiger partial charge in [0, 0.05) is 0 Å². The van der Waals surface area contributed by atoms with E-state index in [0.717, 1.165) is 25.0 Å². The fourth-order valence-corrected chi connectivity index (χ4v) is 2.57. The van der Waals surface area contributed by atoms with Crippen LogP contribution in [0.3, 0.4) is 0 Å². The minimum absolute atomic E-state index is 0.574. The van der Waals surface area contributed by atoms with E-state index in [-0.39, 0.29) is 0 Å². The molecule has 2 saturated heterocycles. The molecule has 4 unspecified atom stereocenters. The molecule has 14 heavy (non-hydrogen) atoms. The largest absolute Gasteiger partial charge is 0.373 e. The Morgan fingerprint density at radius 3 is 2.50 bits per heavy atom. The maximum Gasteiger partial charge on any atom is 0.0815 e. The summed E-state index contributed by atoms with van der Waals surface area (Å²) in [6, 6.07) is 0. The van der Waals surface area contributed by atoms with Gasteiger partial charge >= 0.3 is 0 Å². The molecular formula is C12H18O2. The predicted octanol–water partition coefficient (Wildman–Crippen LogP) is 2.15. The van der Waals surface area contributed by atoms with Crippen LogP contribution in [0.2, 0.25) is 0 Å². The fraction of sp³-hybridized carbons (Fsp3) is 0.833. The predicted molar refractivity (Wildman–Crippen MR) is 54.1 cm³/mol. The summed E-state index contributed by atoms with van der Waals surface area (Å²) in [5, 5.41) is 0. The molecule has 0 spiro atoms. The van der Waals surface area contributed by atoms with Gasteiger partial charge in [0.1, 0.15) is 0 Å². The number of rotatable bonds is 4. The van der Waals surface area contributed by atoms with E-state index < -0.39 is 0 Å². The summed E-state index contributed by atoms with van der Waals surface area (Å²) >= 11 is 0. The van der Waals surface area contributed by atoms with Gasteiger partial charge in [0.05, 0.1) is 25.4 Å². The molecule has 0 radical (unpaired) electrons. The highest BCUT2D eigenvalue weighted by atomic mass is 16.6. The Bertz CT molecular complexity index is 228. The molecule has 0 N–H and O–H groups in total. The summed E-state index contributed by atoms with van der Waals surface area (Å²) in [5.41, 5.74) is 0. The molecule has 4 atom stereocenters. The second-order valence-corrected chi connectivity index (χ2v) is 4.81. The first-order chi connectivity index (χ1) is 6.92. The lowest BCUT2D eigenvalue weighted by molar-refractivity contribution is 0.257. The summed E-state index contributed by atoms with van der Waals surface area (Å²) in [6.07, 6.45) is 11.1. The SMILES string of the molecule is C1=CC(CC2CO2)C(CC2CO2)CC1. The summed E-state index contributed by atoms with van der Waals surface area (Å²) < 4.78 is 10.6. The molecule has 0 aromatic carbocycles. The van der Waals surface area contributed by atoms with Gasteiger partial charge in [-0.15, -0.1) is 0 Å². The van der Waals surface area contributed by atoms with Crippen molar-refractivity contribution in [3.05, 3.63) is 12.2 Å². The van der Waals surface area contributed by atoms with Crippen molar-refractivity contribution in [3.63, 3.8) is 0 Å². The molecule has 3 aliphatic rings. The van der Waals surface area contributed by atoms with E-state index in [1.54, 1.807) is 0 Å². The summed E-state index contributed by atoms with van der Waals surface area (Å²) in [7, 11) is 0. The van der Waals surface area contributed by atoms with Crippen molar-refractivity contribution in [2.45, 2.75) is 37.9 Å². The molecule has 2 heteroatoms. The number of ether oxygens (including phenoxy) is 2. The van der Waals surface area contributed by atoms with Gasteiger partial charge < -0.3 is 9.47 Å². The van der Waals surface area contributed by atoms with Gasteiger partial charge in [0.2, 0.25) is 0 Å². The van der Waals surface area contributed by atoms with Gasteiger partial charge in [-0.05, 0) is 37.5 Å². The Balaban J connectivity index is 1.57. The molecule has 78 valence electrons. The van der Waals surface area contributed by atoms with E-state index in [1.807, 2.05) is 0 Å². The lowest BCUT2D eigenvalue weighted by atomic mass is 9.79. The Hall–Kier alpha value is -0.340. The van der Waals surface area contributed by atoms with Crippen LogP contribution in [0.25, 0.3) is 0 Å². The molecule has 0 saturated carbocycles. The van der Waals surface area contributed by atoms with Crippen LogP contribution < -0.4 is 0 Å². The highest BCUT2D eigenvalue weighted by Gasteiger charge is 2.34. The third-order valence-electron chi connectivity index (χ3n) is 3.60. The zero-order valence-electron chi connectivity index (χ0n) is 8.52. The van der Waals surface area contributed by atoms with E-state index in [9.17, 15) is 0 Å². The number of hydrogen-bond donors (Lipinski definition) is 0. The minimum atomic E-state index is 0.574. The van der Waals surface area contributed by atoms with E-state index >= 15 is 0 Å². The zero-order chi connectivity index (χ0) is 9.38. The number of hydrogen-bond acceptors (Lipinski definition) is 2. The normalized spacial score (nSPS) is 45.1. The number of epoxide rings is 2. The third-order valence-corrected chi connectivity index (χ3v) is 3.60. The monoisotopic (exact) mass is 194 g/mol. The van der Waals surface area contributed by atoms with Crippen LogP contribution in [0.4, 0.5) is 0 Å². The van der Waals surface area contributed by atoms with Gasteiger partial charge in [-0.2, -0.15) is 0 Å². The smallest absolute Gasteiger partial charge is 0.0815 e. The van der Waals surface area contributed by atoms with Crippen LogP contribution in [-0.4, -0.2) is 25.4 Å². The lowest BCUT2D eigenvalue weighted by Crippen LogP contribution is -2.19. The molecular weight excluding hydrogens is 176 g/mol. The second kappa shape index (κ2) is 3.67. The Labute approximate surface area is 85.3 Å². The van der Waals surface area contributed by atoms with Crippen molar-refractivity contribution in [1.29, 1.82) is 0 Å². The van der Waals surface area contributed by atoms with E-state index in [0.29, 0.717) is 12.2 Å². The first-order valence-corrected chi connectivity index (χ1v) is 5.81. The van der Waals surface area contributed by atoms with Crippen molar-refractivity contribution in [2.24, 2.45) is 11.8 Å². The molecule has 2 fully saturated rings. The van der Waals surface area contributed by atoms with Crippen LogP contribution in [0.5, 0.6) is 0 Å². The van der Waals surface area contributed by atoms with Crippen LogP contribution >= 0.6 is 0 Å². The van der Waals surface area contributed by atoms with Crippen molar-refractivity contribution in [3.8, 4) is 0 Å². The van der Waals surface area contributed by atoms with Gasteiger partial charge in [0.15, 0.2) is 0 Å². The van der Waals surface area contributed by atoms with Crippen molar-refractivity contribution < 1.29 is 9.47 Å². The molecule has 1 aliphatic carbocycles. The molecule has 0 amide bonds. The fourth-order valence-electron chi connectivity index (χ4n) is 2.57. The van der Waals surface area contributed by atoms with Gasteiger partial charge in [0.25, 0.3) is 0 Å². The summed E-state index contributed by atoms with van der Waals surface area (Å²) in [5.74, 6) is 1.62. The lowest BCUT2D eigenvalue weighted by Gasteiger charge is -2.26. The van der Waals surface area contributed by atoms with E-state index in [2.05, 4.69) is 12.2 Å².